The number of nitrogens with zero attached hydrogens (tertiary/aromatic N) is 3. The molecule has 0 radical (unpaired) electrons. The van der Waals surface area contributed by atoms with Crippen molar-refractivity contribution in [1.29, 1.82) is 0 Å². The second kappa shape index (κ2) is 3.75. The molecule has 0 spiro atoms. The number of hydrogen-bond acceptors (Lipinski definition) is 4. The standard InChI is InChI=1S/C8H5Cl2N3O2/c9-6-2-5(8(10)12-11-6)13-3-4(14)1-7(13)15/h2H,1,3H2. The van der Waals surface area contributed by atoms with Crippen LogP contribution in [0, 0.1) is 0 Å². The van der Waals surface area contributed by atoms with E-state index in [0.717, 1.165) is 0 Å². The van der Waals surface area contributed by atoms with Gasteiger partial charge in [0.25, 0.3) is 0 Å². The number of rotatable bonds is 1. The maximum atomic E-state index is 11.4. The van der Waals surface area contributed by atoms with Crippen molar-refractivity contribution >= 4 is 40.6 Å². The first-order valence-electron chi connectivity index (χ1n) is 4.08. The molecule has 1 aromatic rings. The predicted molar refractivity (Wildman–Crippen MR) is 54.0 cm³/mol. The largest absolute Gasteiger partial charge is 0.301 e. The molecular weight excluding hydrogens is 241 g/mol. The zero-order valence-electron chi connectivity index (χ0n) is 7.41. The first-order valence-corrected chi connectivity index (χ1v) is 4.84. The lowest BCUT2D eigenvalue weighted by Gasteiger charge is -2.14. The second-order valence-electron chi connectivity index (χ2n) is 3.04. The smallest absolute Gasteiger partial charge is 0.235 e. The Bertz CT molecular complexity index is 450. The van der Waals surface area contributed by atoms with E-state index in [9.17, 15) is 9.59 Å². The topological polar surface area (TPSA) is 63.2 Å². The Labute approximate surface area is 95.0 Å². The average molecular weight is 246 g/mol. The lowest BCUT2D eigenvalue weighted by Crippen LogP contribution is -2.25. The normalized spacial score (nSPS) is 16.3. The SMILES string of the molecule is O=C1CC(=O)N(c2cc(Cl)nnc2Cl)C1. The number of anilines is 1. The summed E-state index contributed by atoms with van der Waals surface area (Å²) < 4.78 is 0. The lowest BCUT2D eigenvalue weighted by atomic mass is 10.3. The highest BCUT2D eigenvalue weighted by Gasteiger charge is 2.30. The van der Waals surface area contributed by atoms with Gasteiger partial charge in [-0.25, -0.2) is 0 Å². The van der Waals surface area contributed by atoms with E-state index in [1.165, 1.54) is 11.0 Å². The van der Waals surface area contributed by atoms with E-state index in [0.29, 0.717) is 5.69 Å². The van der Waals surface area contributed by atoms with Gasteiger partial charge in [-0.2, -0.15) is 0 Å². The van der Waals surface area contributed by atoms with Crippen molar-refractivity contribution in [2.75, 3.05) is 11.4 Å². The fourth-order valence-electron chi connectivity index (χ4n) is 1.34. The van der Waals surface area contributed by atoms with E-state index in [2.05, 4.69) is 10.2 Å². The Morgan fingerprint density at radius 3 is 2.60 bits per heavy atom. The van der Waals surface area contributed by atoms with E-state index in [1.807, 2.05) is 0 Å². The number of Topliss-reactive ketones (excluding diaryl/α,β-unsaturated/α-hetero) is 1. The second-order valence-corrected chi connectivity index (χ2v) is 3.78. The molecule has 7 heteroatoms. The monoisotopic (exact) mass is 245 g/mol. The maximum Gasteiger partial charge on any atom is 0.235 e. The molecule has 2 heterocycles. The third kappa shape index (κ3) is 1.93. The minimum atomic E-state index is -0.300. The number of carbonyl (C=O) groups excluding carboxylic acids is 2. The van der Waals surface area contributed by atoms with Crippen molar-refractivity contribution in [3.63, 3.8) is 0 Å². The number of hydrogen-bond donors (Lipinski definition) is 0. The van der Waals surface area contributed by atoms with Gasteiger partial charge in [0.15, 0.2) is 16.1 Å². The summed E-state index contributed by atoms with van der Waals surface area (Å²) in [7, 11) is 0. The maximum absolute atomic E-state index is 11.4. The van der Waals surface area contributed by atoms with Crippen LogP contribution >= 0.6 is 23.2 Å². The molecule has 1 fully saturated rings. The molecule has 2 rings (SSSR count). The highest BCUT2D eigenvalue weighted by Crippen LogP contribution is 2.27. The van der Waals surface area contributed by atoms with Gasteiger partial charge in [0.1, 0.15) is 0 Å². The highest BCUT2D eigenvalue weighted by molar-refractivity contribution is 6.34. The van der Waals surface area contributed by atoms with Crippen molar-refractivity contribution in [1.82, 2.24) is 10.2 Å². The molecule has 0 N–H and O–H groups in total. The van der Waals surface area contributed by atoms with Crippen molar-refractivity contribution in [2.45, 2.75) is 6.42 Å². The molecule has 15 heavy (non-hydrogen) atoms. The number of amides is 1. The van der Waals surface area contributed by atoms with Gasteiger partial charge in [0, 0.05) is 6.07 Å². The van der Waals surface area contributed by atoms with E-state index in [1.54, 1.807) is 0 Å². The van der Waals surface area contributed by atoms with Gasteiger partial charge in [-0.1, -0.05) is 23.2 Å². The van der Waals surface area contributed by atoms with Crippen LogP contribution in [0.3, 0.4) is 0 Å². The lowest BCUT2D eigenvalue weighted by molar-refractivity contribution is -0.121. The van der Waals surface area contributed by atoms with Crippen molar-refractivity contribution in [3.8, 4) is 0 Å². The molecule has 5 nitrogen and oxygen atoms in total. The van der Waals surface area contributed by atoms with Gasteiger partial charge < -0.3 is 4.90 Å². The molecule has 0 saturated carbocycles. The molecule has 1 aliphatic heterocycles. The molecule has 1 saturated heterocycles. The first-order chi connectivity index (χ1) is 7.08. The van der Waals surface area contributed by atoms with E-state index in [-0.39, 0.29) is 35.0 Å². The van der Waals surface area contributed by atoms with E-state index >= 15 is 0 Å². The fourth-order valence-corrected chi connectivity index (χ4v) is 1.67. The van der Waals surface area contributed by atoms with Crippen LogP contribution in [0.1, 0.15) is 6.42 Å². The molecule has 0 atom stereocenters. The van der Waals surface area contributed by atoms with Gasteiger partial charge in [-0.3, -0.25) is 9.59 Å². The first kappa shape index (κ1) is 10.3. The van der Waals surface area contributed by atoms with Crippen LogP contribution in [0.15, 0.2) is 6.07 Å². The van der Waals surface area contributed by atoms with Crippen LogP contribution in [0.2, 0.25) is 10.3 Å². The summed E-state index contributed by atoms with van der Waals surface area (Å²) in [4.78, 5) is 23.7. The highest BCUT2D eigenvalue weighted by atomic mass is 35.5. The van der Waals surface area contributed by atoms with Crippen molar-refractivity contribution in [2.24, 2.45) is 0 Å². The number of aromatic nitrogens is 2. The van der Waals surface area contributed by atoms with Crippen LogP contribution in [0.5, 0.6) is 0 Å². The quantitative estimate of drug-likeness (QED) is 0.696. The Kier molecular flexibility index (Phi) is 2.58. The predicted octanol–water partition coefficient (Wildman–Crippen LogP) is 1.09. The minimum absolute atomic E-state index is 0.0145. The van der Waals surface area contributed by atoms with Gasteiger partial charge >= 0.3 is 0 Å². The molecule has 1 aliphatic rings. The Morgan fingerprint density at radius 1 is 1.27 bits per heavy atom. The summed E-state index contributed by atoms with van der Waals surface area (Å²) in [5.74, 6) is -0.449. The summed E-state index contributed by atoms with van der Waals surface area (Å²) in [5, 5.41) is 7.26. The molecule has 78 valence electrons. The number of ketones is 1. The van der Waals surface area contributed by atoms with Crippen LogP contribution in [-0.2, 0) is 9.59 Å². The van der Waals surface area contributed by atoms with E-state index in [4.69, 9.17) is 23.2 Å². The summed E-state index contributed by atoms with van der Waals surface area (Å²) in [6, 6.07) is 1.41. The van der Waals surface area contributed by atoms with Crippen LogP contribution < -0.4 is 4.90 Å². The molecule has 0 aromatic carbocycles. The third-order valence-corrected chi connectivity index (χ3v) is 2.43. The van der Waals surface area contributed by atoms with Crippen LogP contribution in [0.25, 0.3) is 0 Å². The molecule has 1 aromatic heterocycles. The molecule has 0 aliphatic carbocycles. The van der Waals surface area contributed by atoms with Crippen molar-refractivity contribution in [3.05, 3.63) is 16.4 Å². The molecular formula is C8H5Cl2N3O2. The minimum Gasteiger partial charge on any atom is -0.301 e. The van der Waals surface area contributed by atoms with Gasteiger partial charge in [-0.15, -0.1) is 10.2 Å². The fraction of sp³-hybridized carbons (Fsp3) is 0.250. The zero-order valence-corrected chi connectivity index (χ0v) is 8.92. The molecule has 0 bridgehead atoms. The molecule has 1 amide bonds. The summed E-state index contributed by atoms with van der Waals surface area (Å²) >= 11 is 11.4. The van der Waals surface area contributed by atoms with Crippen LogP contribution in [0.4, 0.5) is 5.69 Å². The summed E-state index contributed by atoms with van der Waals surface area (Å²) in [5.41, 5.74) is 0.326. The van der Waals surface area contributed by atoms with Crippen molar-refractivity contribution < 1.29 is 9.59 Å². The average Bonchev–Trinajstić information content (AvgIpc) is 2.50. The summed E-state index contributed by atoms with van der Waals surface area (Å²) in [6.45, 7) is 0.0145. The van der Waals surface area contributed by atoms with Crippen LogP contribution in [-0.4, -0.2) is 28.4 Å². The van der Waals surface area contributed by atoms with Gasteiger partial charge in [-0.05, 0) is 0 Å². The number of halogens is 2. The Balaban J connectivity index is 2.41. The number of carbonyl (C=O) groups is 2. The Hall–Kier alpha value is -1.20. The van der Waals surface area contributed by atoms with Gasteiger partial charge in [0.2, 0.25) is 5.91 Å². The third-order valence-electron chi connectivity index (χ3n) is 1.98. The Morgan fingerprint density at radius 2 is 2.00 bits per heavy atom. The summed E-state index contributed by atoms with van der Waals surface area (Å²) in [6.07, 6.45) is -0.101. The molecule has 0 unspecified atom stereocenters. The zero-order chi connectivity index (χ0) is 11.0. The van der Waals surface area contributed by atoms with Gasteiger partial charge in [0.05, 0.1) is 18.7 Å². The van der Waals surface area contributed by atoms with E-state index < -0.39 is 0 Å².